The first-order chi connectivity index (χ1) is 17.1. The Morgan fingerprint density at radius 2 is 1.77 bits per heavy atom. The van der Waals surface area contributed by atoms with Crippen LogP contribution in [0.3, 0.4) is 0 Å². The molecule has 0 radical (unpaired) electrons. The summed E-state index contributed by atoms with van der Waals surface area (Å²) in [6.45, 7) is 0.0413. The highest BCUT2D eigenvalue weighted by Gasteiger charge is 2.22. The number of benzene rings is 2. The molecule has 35 heavy (non-hydrogen) atoms. The summed E-state index contributed by atoms with van der Waals surface area (Å²) in [5.74, 6) is 0.560. The van der Waals surface area contributed by atoms with Crippen molar-refractivity contribution in [3.8, 4) is 16.9 Å². The first-order valence-corrected chi connectivity index (χ1v) is 11.4. The smallest absolute Gasteiger partial charge is 0.315 e. The molecule has 3 heterocycles. The van der Waals surface area contributed by atoms with E-state index in [-0.39, 0.29) is 30.9 Å². The Kier molecular flexibility index (Phi) is 5.21. The predicted molar refractivity (Wildman–Crippen MR) is 129 cm³/mol. The van der Waals surface area contributed by atoms with Gasteiger partial charge >= 0.3 is 5.97 Å². The van der Waals surface area contributed by atoms with E-state index in [9.17, 15) is 9.59 Å². The molecule has 9 heteroatoms. The number of fused-ring (bicyclic) bond motifs is 2. The van der Waals surface area contributed by atoms with Crippen LogP contribution < -0.4 is 15.4 Å². The van der Waals surface area contributed by atoms with Crippen molar-refractivity contribution in [2.45, 2.75) is 31.8 Å². The SMILES string of the molecule is O=C(Cn1cc(-c2cnc(NC3Cc4ccccc4C3)nc2)cn1)Nc1ccc2c(c1)OC(=O)C2. The van der Waals surface area contributed by atoms with Crippen LogP contribution in [-0.2, 0) is 35.4 Å². The van der Waals surface area contributed by atoms with E-state index in [0.717, 1.165) is 29.5 Å². The Bertz CT molecular complexity index is 1400. The van der Waals surface area contributed by atoms with E-state index in [0.29, 0.717) is 17.4 Å². The van der Waals surface area contributed by atoms with Crippen LogP contribution >= 0.6 is 0 Å². The van der Waals surface area contributed by atoms with E-state index in [1.165, 1.54) is 11.1 Å². The lowest BCUT2D eigenvalue weighted by Crippen LogP contribution is -2.20. The molecule has 2 N–H and O–H groups in total. The first-order valence-electron chi connectivity index (χ1n) is 11.4. The fraction of sp³-hybridized carbons (Fsp3) is 0.192. The molecule has 174 valence electrons. The molecule has 0 bridgehead atoms. The van der Waals surface area contributed by atoms with E-state index in [1.54, 1.807) is 47.7 Å². The van der Waals surface area contributed by atoms with Crippen molar-refractivity contribution in [1.82, 2.24) is 19.7 Å². The highest BCUT2D eigenvalue weighted by atomic mass is 16.5. The second-order valence-electron chi connectivity index (χ2n) is 8.76. The van der Waals surface area contributed by atoms with Gasteiger partial charge in [-0.3, -0.25) is 14.3 Å². The van der Waals surface area contributed by atoms with Crippen LogP contribution in [0.2, 0.25) is 0 Å². The number of hydrogen-bond acceptors (Lipinski definition) is 7. The summed E-state index contributed by atoms with van der Waals surface area (Å²) in [7, 11) is 0. The Hall–Kier alpha value is -4.53. The molecule has 0 saturated heterocycles. The van der Waals surface area contributed by atoms with Gasteiger partial charge in [-0.15, -0.1) is 0 Å². The summed E-state index contributed by atoms with van der Waals surface area (Å²) in [5.41, 5.74) is 5.77. The Balaban J connectivity index is 1.05. The maximum absolute atomic E-state index is 12.5. The van der Waals surface area contributed by atoms with Gasteiger partial charge in [-0.25, -0.2) is 9.97 Å². The van der Waals surface area contributed by atoms with Crippen molar-refractivity contribution in [2.24, 2.45) is 0 Å². The molecule has 1 aliphatic carbocycles. The first kappa shape index (κ1) is 21.0. The topological polar surface area (TPSA) is 111 Å². The van der Waals surface area contributed by atoms with Gasteiger partial charge in [0.25, 0.3) is 0 Å². The second kappa shape index (κ2) is 8.68. The third-order valence-electron chi connectivity index (χ3n) is 6.22. The molecule has 0 atom stereocenters. The monoisotopic (exact) mass is 466 g/mol. The molecule has 1 amide bonds. The van der Waals surface area contributed by atoms with E-state index < -0.39 is 0 Å². The molecule has 6 rings (SSSR count). The van der Waals surface area contributed by atoms with Crippen molar-refractivity contribution in [3.63, 3.8) is 0 Å². The second-order valence-corrected chi connectivity index (χ2v) is 8.76. The number of amides is 1. The zero-order valence-corrected chi connectivity index (χ0v) is 18.8. The molecule has 0 unspecified atom stereocenters. The van der Waals surface area contributed by atoms with E-state index >= 15 is 0 Å². The lowest BCUT2D eigenvalue weighted by molar-refractivity contribution is -0.131. The van der Waals surface area contributed by atoms with Crippen LogP contribution in [0.4, 0.5) is 11.6 Å². The van der Waals surface area contributed by atoms with Crippen LogP contribution in [-0.4, -0.2) is 37.7 Å². The average Bonchev–Trinajstić information content (AvgIpc) is 3.56. The number of esters is 1. The van der Waals surface area contributed by atoms with Crippen LogP contribution in [0, 0.1) is 0 Å². The number of anilines is 2. The molecule has 0 fully saturated rings. The average molecular weight is 467 g/mol. The molecule has 1 aliphatic heterocycles. The predicted octanol–water partition coefficient (Wildman–Crippen LogP) is 3.02. The van der Waals surface area contributed by atoms with Gasteiger partial charge in [0, 0.05) is 53.1 Å². The number of ether oxygens (including phenoxy) is 1. The van der Waals surface area contributed by atoms with Crippen LogP contribution in [0.1, 0.15) is 16.7 Å². The quantitative estimate of drug-likeness (QED) is 0.332. The molecule has 2 aliphatic rings. The van der Waals surface area contributed by atoms with Crippen molar-refractivity contribution >= 4 is 23.5 Å². The molecule has 0 saturated carbocycles. The zero-order valence-electron chi connectivity index (χ0n) is 18.8. The van der Waals surface area contributed by atoms with E-state index in [2.05, 4.69) is 50.0 Å². The maximum Gasteiger partial charge on any atom is 0.315 e. The van der Waals surface area contributed by atoms with Gasteiger partial charge in [0.05, 0.1) is 12.6 Å². The molecule has 2 aromatic heterocycles. The summed E-state index contributed by atoms with van der Waals surface area (Å²) in [6.07, 6.45) is 9.16. The molecular formula is C26H22N6O3. The number of carbonyl (C=O) groups excluding carboxylic acids is 2. The Morgan fingerprint density at radius 1 is 1.00 bits per heavy atom. The van der Waals surface area contributed by atoms with Crippen molar-refractivity contribution in [3.05, 3.63) is 83.9 Å². The fourth-order valence-corrected chi connectivity index (χ4v) is 4.53. The number of carbonyl (C=O) groups is 2. The molecular weight excluding hydrogens is 444 g/mol. The molecule has 4 aromatic rings. The van der Waals surface area contributed by atoms with Gasteiger partial charge in [-0.2, -0.15) is 5.10 Å². The minimum atomic E-state index is -0.288. The lowest BCUT2D eigenvalue weighted by Gasteiger charge is -2.11. The number of rotatable bonds is 6. The standard InChI is InChI=1S/C26H22N6O3/c33-24(30-21-6-5-18-9-25(34)35-23(18)10-21)15-32-14-20(13-29-32)19-11-27-26(28-12-19)31-22-7-16-3-1-2-4-17(16)8-22/h1-6,10-14,22H,7-9,15H2,(H,30,33)(H,27,28,31). The van der Waals surface area contributed by atoms with Gasteiger partial charge in [-0.05, 0) is 30.0 Å². The minimum absolute atomic E-state index is 0.0413. The van der Waals surface area contributed by atoms with Gasteiger partial charge in [0.2, 0.25) is 11.9 Å². The van der Waals surface area contributed by atoms with E-state index in [4.69, 9.17) is 4.74 Å². The van der Waals surface area contributed by atoms with Crippen molar-refractivity contribution in [2.75, 3.05) is 10.6 Å². The van der Waals surface area contributed by atoms with Crippen molar-refractivity contribution in [1.29, 1.82) is 0 Å². The van der Waals surface area contributed by atoms with Gasteiger partial charge in [0.1, 0.15) is 12.3 Å². The van der Waals surface area contributed by atoms with E-state index in [1.807, 2.05) is 0 Å². The third-order valence-corrected chi connectivity index (χ3v) is 6.22. The highest BCUT2D eigenvalue weighted by molar-refractivity contribution is 5.91. The van der Waals surface area contributed by atoms with Crippen molar-refractivity contribution < 1.29 is 14.3 Å². The summed E-state index contributed by atoms with van der Waals surface area (Å²) in [5, 5.41) is 10.5. The highest BCUT2D eigenvalue weighted by Crippen LogP contribution is 2.29. The summed E-state index contributed by atoms with van der Waals surface area (Å²) in [4.78, 5) is 32.8. The fourth-order valence-electron chi connectivity index (χ4n) is 4.53. The summed E-state index contributed by atoms with van der Waals surface area (Å²) < 4.78 is 6.69. The summed E-state index contributed by atoms with van der Waals surface area (Å²) >= 11 is 0. The largest absolute Gasteiger partial charge is 0.426 e. The Morgan fingerprint density at radius 3 is 2.54 bits per heavy atom. The third kappa shape index (κ3) is 4.48. The molecule has 9 nitrogen and oxygen atoms in total. The molecule has 2 aromatic carbocycles. The number of hydrogen-bond donors (Lipinski definition) is 2. The zero-order chi connectivity index (χ0) is 23.8. The van der Waals surface area contributed by atoms with Crippen LogP contribution in [0.5, 0.6) is 5.75 Å². The Labute approximate surface area is 201 Å². The van der Waals surface area contributed by atoms with Crippen LogP contribution in [0.25, 0.3) is 11.1 Å². The van der Waals surface area contributed by atoms with Gasteiger partial charge < -0.3 is 15.4 Å². The van der Waals surface area contributed by atoms with Gasteiger partial charge in [-0.1, -0.05) is 30.3 Å². The number of nitrogens with zero attached hydrogens (tertiary/aromatic N) is 4. The summed E-state index contributed by atoms with van der Waals surface area (Å²) in [6, 6.07) is 14.0. The minimum Gasteiger partial charge on any atom is -0.426 e. The maximum atomic E-state index is 12.5. The lowest BCUT2D eigenvalue weighted by atomic mass is 10.1. The normalized spacial score (nSPS) is 14.3. The molecule has 0 spiro atoms. The number of nitrogens with one attached hydrogen (secondary N) is 2. The number of aromatic nitrogens is 4. The van der Waals surface area contributed by atoms with Crippen LogP contribution in [0.15, 0.2) is 67.3 Å². The van der Waals surface area contributed by atoms with Gasteiger partial charge in [0.15, 0.2) is 0 Å².